The summed E-state index contributed by atoms with van der Waals surface area (Å²) in [6, 6.07) is -0.426. The molecule has 10 nitrogen and oxygen atoms in total. The highest BCUT2D eigenvalue weighted by Crippen LogP contribution is 2.28. The molecule has 1 fully saturated rings. The first-order valence-corrected chi connectivity index (χ1v) is 30.0. The Morgan fingerprint density at radius 2 is 1.01 bits per heavy atom. The summed E-state index contributed by atoms with van der Waals surface area (Å²) in [6.07, 6.45) is 41.0. The second-order valence-corrected chi connectivity index (χ2v) is 22.4. The van der Waals surface area contributed by atoms with Gasteiger partial charge in [-0.3, -0.25) is 24.1 Å². The molecule has 1 heterocycles. The van der Waals surface area contributed by atoms with Crippen LogP contribution in [0.5, 0.6) is 0 Å². The van der Waals surface area contributed by atoms with Gasteiger partial charge in [0.1, 0.15) is 18.2 Å². The van der Waals surface area contributed by atoms with Crippen molar-refractivity contribution in [3.8, 4) is 0 Å². The van der Waals surface area contributed by atoms with E-state index in [1.165, 1.54) is 122 Å². The number of carbonyl (C=O) groups excluding carboxylic acids is 4. The van der Waals surface area contributed by atoms with Crippen molar-refractivity contribution in [1.82, 2.24) is 9.80 Å². The molecule has 1 saturated heterocycles. The maximum atomic E-state index is 13.5. The molecule has 1 aliphatic heterocycles. The van der Waals surface area contributed by atoms with Crippen molar-refractivity contribution in [3.63, 3.8) is 0 Å². The Morgan fingerprint density at radius 3 is 1.61 bits per heavy atom. The normalized spacial score (nSPS) is 15.4. The number of carbonyl (C=O) groups is 4. The Hall–Kier alpha value is -2.20. The lowest BCUT2D eigenvalue weighted by molar-refractivity contribution is -0.154. The van der Waals surface area contributed by atoms with Crippen LogP contribution in [0.3, 0.4) is 0 Å². The van der Waals surface area contributed by atoms with Gasteiger partial charge in [-0.25, -0.2) is 0 Å². The number of hydrogen-bond donors (Lipinski definition) is 0. The van der Waals surface area contributed by atoms with Crippen LogP contribution in [0.15, 0.2) is 0 Å². The molecule has 1 aliphatic rings. The maximum Gasteiger partial charge on any atom is 0.323 e. The first-order chi connectivity index (χ1) is 33.9. The van der Waals surface area contributed by atoms with E-state index < -0.39 is 11.5 Å². The van der Waals surface area contributed by atoms with Gasteiger partial charge in [0.25, 0.3) is 0 Å². The molecule has 0 N–H and O–H groups in total. The van der Waals surface area contributed by atoms with E-state index in [-0.39, 0.29) is 36.1 Å². The van der Waals surface area contributed by atoms with Gasteiger partial charge < -0.3 is 23.8 Å². The van der Waals surface area contributed by atoms with Gasteiger partial charge in [0, 0.05) is 25.9 Å². The van der Waals surface area contributed by atoms with Crippen LogP contribution < -0.4 is 0 Å². The van der Waals surface area contributed by atoms with E-state index in [2.05, 4.69) is 32.6 Å². The second kappa shape index (κ2) is 44.3. The van der Waals surface area contributed by atoms with Gasteiger partial charge in [-0.1, -0.05) is 188 Å². The summed E-state index contributed by atoms with van der Waals surface area (Å²) in [5.41, 5.74) is -0.507. The Labute approximate surface area is 432 Å². The average Bonchev–Trinajstić information content (AvgIpc) is 3.73. The molecule has 0 aromatic heterocycles. The minimum absolute atomic E-state index is 0.0465. The van der Waals surface area contributed by atoms with E-state index in [1.807, 2.05) is 32.8 Å². The highest BCUT2D eigenvalue weighted by molar-refractivity contribution is 5.77. The van der Waals surface area contributed by atoms with Crippen LogP contribution in [0.4, 0.5) is 0 Å². The fourth-order valence-electron chi connectivity index (χ4n) is 10.0. The zero-order valence-corrected chi connectivity index (χ0v) is 47.4. The SMILES string of the molecule is CCCCCCCCC(CCCCCCCC)OC(=O)CCCCCCCOC(=O)[C@@H]1C[C@H](OC(=O)CCN(C)C)CN1CCCCCCC(C)(C)C(=O)OCCCCC(CCCCC)CCCCC. The molecule has 0 unspecified atom stereocenters. The predicted molar refractivity (Wildman–Crippen MR) is 291 cm³/mol. The lowest BCUT2D eigenvalue weighted by atomic mass is 9.87. The van der Waals surface area contributed by atoms with Crippen LogP contribution in [0, 0.1) is 11.3 Å². The number of ether oxygens (including phenoxy) is 4. The summed E-state index contributed by atoms with van der Waals surface area (Å²) in [6.45, 7) is 15.8. The van der Waals surface area contributed by atoms with Crippen molar-refractivity contribution in [2.75, 3.05) is 46.9 Å². The summed E-state index contributed by atoms with van der Waals surface area (Å²) in [5, 5.41) is 0. The Balaban J connectivity index is 2.48. The molecule has 2 atom stereocenters. The molecule has 0 spiro atoms. The third-order valence-corrected chi connectivity index (χ3v) is 14.7. The molecule has 0 saturated carbocycles. The van der Waals surface area contributed by atoms with Gasteiger partial charge in [0.2, 0.25) is 0 Å². The molecule has 0 radical (unpaired) electrons. The standard InChI is InChI=1S/C60H114N2O8/c1-9-13-17-19-22-30-41-53(42-31-23-20-18-14-10-2)69-56(63)43-32-24-21-27-36-48-67-58(65)55-50-54(70-57(64)44-47-61(7)8)51-62(55)46-35-26-25-34-45-60(5,6)59(66)68-49-37-33-40-52(38-28-15-11-3)39-29-16-12-4/h52-55H,9-51H2,1-8H3/t54-,55-/m0/s1. The monoisotopic (exact) mass is 991 g/mol. The first-order valence-electron chi connectivity index (χ1n) is 30.0. The number of esters is 4. The summed E-state index contributed by atoms with van der Waals surface area (Å²) in [7, 11) is 3.87. The number of hydrogen-bond acceptors (Lipinski definition) is 10. The average molecular weight is 992 g/mol. The molecule has 0 bridgehead atoms. The molecule has 70 heavy (non-hydrogen) atoms. The third kappa shape index (κ3) is 35.8. The lowest BCUT2D eigenvalue weighted by Crippen LogP contribution is -2.38. The van der Waals surface area contributed by atoms with E-state index >= 15 is 0 Å². The maximum absolute atomic E-state index is 13.5. The summed E-state index contributed by atoms with van der Waals surface area (Å²) < 4.78 is 23.5. The van der Waals surface area contributed by atoms with Gasteiger partial charge in [0.15, 0.2) is 0 Å². The van der Waals surface area contributed by atoms with E-state index in [9.17, 15) is 19.2 Å². The van der Waals surface area contributed by atoms with E-state index in [0.717, 1.165) is 115 Å². The zero-order chi connectivity index (χ0) is 51.5. The second-order valence-electron chi connectivity index (χ2n) is 22.4. The van der Waals surface area contributed by atoms with Crippen molar-refractivity contribution < 1.29 is 38.1 Å². The van der Waals surface area contributed by atoms with Gasteiger partial charge in [-0.05, 0) is 105 Å². The molecule has 1 rings (SSSR count). The van der Waals surface area contributed by atoms with Crippen molar-refractivity contribution in [3.05, 3.63) is 0 Å². The largest absolute Gasteiger partial charge is 0.465 e. The van der Waals surface area contributed by atoms with Crippen molar-refractivity contribution >= 4 is 23.9 Å². The molecule has 10 heteroatoms. The first kappa shape index (κ1) is 65.8. The molecule has 0 aromatic rings. The van der Waals surface area contributed by atoms with Crippen LogP contribution in [-0.2, 0) is 38.1 Å². The van der Waals surface area contributed by atoms with Gasteiger partial charge in [-0.15, -0.1) is 0 Å². The fourth-order valence-corrected chi connectivity index (χ4v) is 10.0. The van der Waals surface area contributed by atoms with Gasteiger partial charge in [-0.2, -0.15) is 0 Å². The fraction of sp³-hybridized carbons (Fsp3) is 0.933. The molecular weight excluding hydrogens is 877 g/mol. The highest BCUT2D eigenvalue weighted by Gasteiger charge is 2.39. The number of likely N-dealkylation sites (tertiary alicyclic amines) is 1. The Morgan fingerprint density at radius 1 is 0.543 bits per heavy atom. The quantitative estimate of drug-likeness (QED) is 0.0332. The van der Waals surface area contributed by atoms with Crippen molar-refractivity contribution in [1.29, 1.82) is 0 Å². The highest BCUT2D eigenvalue weighted by atomic mass is 16.6. The van der Waals surface area contributed by atoms with Gasteiger partial charge in [0.05, 0.1) is 25.0 Å². The minimum atomic E-state index is -0.507. The predicted octanol–water partition coefficient (Wildman–Crippen LogP) is 15.7. The minimum Gasteiger partial charge on any atom is -0.465 e. The van der Waals surface area contributed by atoms with E-state index in [1.54, 1.807) is 0 Å². The van der Waals surface area contributed by atoms with Crippen molar-refractivity contribution in [2.45, 2.75) is 304 Å². The Kier molecular flexibility index (Phi) is 41.7. The van der Waals surface area contributed by atoms with Crippen LogP contribution >= 0.6 is 0 Å². The number of rotatable bonds is 49. The summed E-state index contributed by atoms with van der Waals surface area (Å²) in [4.78, 5) is 56.2. The smallest absolute Gasteiger partial charge is 0.323 e. The zero-order valence-electron chi connectivity index (χ0n) is 47.4. The van der Waals surface area contributed by atoms with Gasteiger partial charge >= 0.3 is 23.9 Å². The van der Waals surface area contributed by atoms with Crippen LogP contribution in [0.2, 0.25) is 0 Å². The van der Waals surface area contributed by atoms with E-state index in [0.29, 0.717) is 45.6 Å². The third-order valence-electron chi connectivity index (χ3n) is 14.7. The number of nitrogens with zero attached hydrogens (tertiary/aromatic N) is 2. The molecular formula is C60H114N2O8. The molecule has 0 amide bonds. The van der Waals surface area contributed by atoms with Crippen LogP contribution in [0.25, 0.3) is 0 Å². The summed E-state index contributed by atoms with van der Waals surface area (Å²) in [5.74, 6) is 0.220. The lowest BCUT2D eigenvalue weighted by Gasteiger charge is -2.23. The molecule has 0 aliphatic carbocycles. The summed E-state index contributed by atoms with van der Waals surface area (Å²) >= 11 is 0. The number of unbranched alkanes of at least 4 members (excludes halogenated alkanes) is 22. The topological polar surface area (TPSA) is 112 Å². The van der Waals surface area contributed by atoms with E-state index in [4.69, 9.17) is 18.9 Å². The Bertz CT molecular complexity index is 1250. The van der Waals surface area contributed by atoms with Crippen LogP contribution in [0.1, 0.15) is 286 Å². The van der Waals surface area contributed by atoms with Crippen LogP contribution in [-0.4, -0.2) is 98.9 Å². The molecule has 412 valence electrons. The van der Waals surface area contributed by atoms with Crippen molar-refractivity contribution in [2.24, 2.45) is 11.3 Å². The molecule has 0 aromatic carbocycles.